The zero-order valence-corrected chi connectivity index (χ0v) is 13.1. The smallest absolute Gasteiger partial charge is 0.153 e. The van der Waals surface area contributed by atoms with E-state index in [-0.39, 0.29) is 18.2 Å². The standard InChI is InChI=1S/C11H11N5.C4H9N.ClH/c12-10-7-6-9(11(13)14-10)16-15-8-4-2-1-3-5-8;1-2-4-5-3-1;/h1-7H,(H4,12,13,14);5H,1-4H2;1H/b16-15+;;. The Bertz CT molecular complexity index is 576. The number of aromatic nitrogens is 1. The van der Waals surface area contributed by atoms with Gasteiger partial charge in [0.1, 0.15) is 11.5 Å². The molecule has 1 saturated heterocycles. The van der Waals surface area contributed by atoms with Crippen LogP contribution in [0, 0.1) is 0 Å². The van der Waals surface area contributed by atoms with E-state index in [1.807, 2.05) is 30.3 Å². The SMILES string of the molecule is C1CCNC1.Cl.Nc1ccc(/N=N/c2ccccc2)c(N)n1. The molecule has 0 aliphatic carbocycles. The molecule has 1 aliphatic rings. The van der Waals surface area contributed by atoms with E-state index < -0.39 is 0 Å². The normalized spacial score (nSPS) is 13.3. The number of pyridine rings is 1. The molecular weight excluding hydrogens is 300 g/mol. The van der Waals surface area contributed by atoms with Crippen molar-refractivity contribution in [3.05, 3.63) is 42.5 Å². The molecule has 0 atom stereocenters. The summed E-state index contributed by atoms with van der Waals surface area (Å²) in [7, 11) is 0. The highest BCUT2D eigenvalue weighted by molar-refractivity contribution is 5.85. The van der Waals surface area contributed by atoms with Gasteiger partial charge in [0, 0.05) is 0 Å². The fraction of sp³-hybridized carbons (Fsp3) is 0.267. The predicted molar refractivity (Wildman–Crippen MR) is 93.0 cm³/mol. The van der Waals surface area contributed by atoms with Crippen LogP contribution in [0.5, 0.6) is 0 Å². The third-order valence-electron chi connectivity index (χ3n) is 2.91. The average Bonchev–Trinajstić information content (AvgIpc) is 3.07. The monoisotopic (exact) mass is 320 g/mol. The average molecular weight is 321 g/mol. The molecule has 3 rings (SSSR count). The van der Waals surface area contributed by atoms with Crippen LogP contribution in [0.2, 0.25) is 0 Å². The molecule has 5 N–H and O–H groups in total. The lowest BCUT2D eigenvalue weighted by atomic mass is 10.3. The summed E-state index contributed by atoms with van der Waals surface area (Å²) in [6.45, 7) is 2.50. The molecule has 7 heteroatoms. The molecule has 0 radical (unpaired) electrons. The van der Waals surface area contributed by atoms with E-state index in [4.69, 9.17) is 11.5 Å². The molecule has 0 bridgehead atoms. The summed E-state index contributed by atoms with van der Waals surface area (Å²) in [5, 5.41) is 11.3. The molecule has 0 amide bonds. The molecule has 1 aliphatic heterocycles. The van der Waals surface area contributed by atoms with Crippen LogP contribution >= 0.6 is 12.4 Å². The van der Waals surface area contributed by atoms with E-state index in [9.17, 15) is 0 Å². The fourth-order valence-electron chi connectivity index (χ4n) is 1.80. The maximum absolute atomic E-state index is 5.64. The Balaban J connectivity index is 0.000000344. The lowest BCUT2D eigenvalue weighted by molar-refractivity contribution is 0.857. The van der Waals surface area contributed by atoms with Gasteiger partial charge in [-0.2, -0.15) is 5.11 Å². The molecule has 1 aromatic heterocycles. The van der Waals surface area contributed by atoms with Gasteiger partial charge in [0.05, 0.1) is 5.69 Å². The molecule has 0 unspecified atom stereocenters. The van der Waals surface area contributed by atoms with Crippen LogP contribution in [0.4, 0.5) is 23.0 Å². The maximum Gasteiger partial charge on any atom is 0.153 e. The first kappa shape index (κ1) is 17.9. The van der Waals surface area contributed by atoms with Crippen molar-refractivity contribution in [2.75, 3.05) is 24.6 Å². The first-order chi connectivity index (χ1) is 10.3. The van der Waals surface area contributed by atoms with Crippen LogP contribution in [0.15, 0.2) is 52.7 Å². The minimum Gasteiger partial charge on any atom is -0.384 e. The second-order valence-corrected chi connectivity index (χ2v) is 4.63. The van der Waals surface area contributed by atoms with Crippen molar-refractivity contribution < 1.29 is 0 Å². The van der Waals surface area contributed by atoms with Crippen LogP contribution in [0.3, 0.4) is 0 Å². The number of azo groups is 1. The minimum absolute atomic E-state index is 0. The number of nitrogens with one attached hydrogen (secondary N) is 1. The fourth-order valence-corrected chi connectivity index (χ4v) is 1.80. The number of nitrogen functional groups attached to an aromatic ring is 2. The second kappa shape index (κ2) is 9.70. The Morgan fingerprint density at radius 1 is 0.909 bits per heavy atom. The first-order valence-electron chi connectivity index (χ1n) is 6.95. The summed E-state index contributed by atoms with van der Waals surface area (Å²) >= 11 is 0. The summed E-state index contributed by atoms with van der Waals surface area (Å²) in [5.74, 6) is 0.649. The summed E-state index contributed by atoms with van der Waals surface area (Å²) in [5.41, 5.74) is 12.4. The summed E-state index contributed by atoms with van der Waals surface area (Å²) in [4.78, 5) is 3.89. The number of hydrogen-bond acceptors (Lipinski definition) is 6. The van der Waals surface area contributed by atoms with Gasteiger partial charge in [-0.15, -0.1) is 17.5 Å². The van der Waals surface area contributed by atoms with Gasteiger partial charge in [-0.25, -0.2) is 4.98 Å². The quantitative estimate of drug-likeness (QED) is 0.737. The Morgan fingerprint density at radius 3 is 2.14 bits per heavy atom. The van der Waals surface area contributed by atoms with Gasteiger partial charge in [0.15, 0.2) is 5.82 Å². The third kappa shape index (κ3) is 6.07. The van der Waals surface area contributed by atoms with E-state index in [2.05, 4.69) is 20.5 Å². The Hall–Kier alpha value is -2.18. The van der Waals surface area contributed by atoms with Gasteiger partial charge in [-0.05, 0) is 50.2 Å². The van der Waals surface area contributed by atoms with Crippen LogP contribution in [0.1, 0.15) is 12.8 Å². The third-order valence-corrected chi connectivity index (χ3v) is 2.91. The van der Waals surface area contributed by atoms with Gasteiger partial charge in [0.2, 0.25) is 0 Å². The van der Waals surface area contributed by atoms with E-state index >= 15 is 0 Å². The van der Waals surface area contributed by atoms with Crippen molar-refractivity contribution in [2.24, 2.45) is 10.2 Å². The molecule has 118 valence electrons. The summed E-state index contributed by atoms with van der Waals surface area (Å²) in [6, 6.07) is 12.7. The van der Waals surface area contributed by atoms with Crippen LogP contribution < -0.4 is 16.8 Å². The number of rotatable bonds is 2. The lowest BCUT2D eigenvalue weighted by Gasteiger charge is -1.98. The molecular formula is C15H21ClN6. The molecule has 6 nitrogen and oxygen atoms in total. The Kier molecular flexibility index (Phi) is 7.88. The predicted octanol–water partition coefficient (Wildman–Crippen LogP) is 3.45. The minimum atomic E-state index is 0. The van der Waals surface area contributed by atoms with E-state index in [1.165, 1.54) is 25.9 Å². The van der Waals surface area contributed by atoms with Crippen molar-refractivity contribution in [1.82, 2.24) is 10.3 Å². The zero-order valence-electron chi connectivity index (χ0n) is 12.3. The number of benzene rings is 1. The number of anilines is 2. The maximum atomic E-state index is 5.64. The largest absolute Gasteiger partial charge is 0.384 e. The van der Waals surface area contributed by atoms with Crippen molar-refractivity contribution in [3.8, 4) is 0 Å². The van der Waals surface area contributed by atoms with Gasteiger partial charge < -0.3 is 16.8 Å². The van der Waals surface area contributed by atoms with E-state index in [1.54, 1.807) is 12.1 Å². The van der Waals surface area contributed by atoms with Gasteiger partial charge in [0.25, 0.3) is 0 Å². The van der Waals surface area contributed by atoms with Crippen molar-refractivity contribution >= 4 is 35.4 Å². The van der Waals surface area contributed by atoms with Crippen LogP contribution in [-0.2, 0) is 0 Å². The summed E-state index contributed by atoms with van der Waals surface area (Å²) in [6.07, 6.45) is 2.78. The highest BCUT2D eigenvalue weighted by Gasteiger charge is 1.98. The van der Waals surface area contributed by atoms with Gasteiger partial charge >= 0.3 is 0 Å². The molecule has 0 spiro atoms. The molecule has 0 saturated carbocycles. The summed E-state index contributed by atoms with van der Waals surface area (Å²) < 4.78 is 0. The number of hydrogen-bond donors (Lipinski definition) is 3. The van der Waals surface area contributed by atoms with E-state index in [0.717, 1.165) is 5.69 Å². The number of nitrogens with two attached hydrogens (primary N) is 2. The molecule has 2 heterocycles. The van der Waals surface area contributed by atoms with Gasteiger partial charge in [-0.1, -0.05) is 18.2 Å². The highest BCUT2D eigenvalue weighted by atomic mass is 35.5. The topological polar surface area (TPSA) is 102 Å². The first-order valence-corrected chi connectivity index (χ1v) is 6.95. The molecule has 22 heavy (non-hydrogen) atoms. The lowest BCUT2D eigenvalue weighted by Crippen LogP contribution is -2.03. The number of halogens is 1. The molecule has 1 fully saturated rings. The zero-order chi connectivity index (χ0) is 14.9. The highest BCUT2D eigenvalue weighted by Crippen LogP contribution is 2.23. The van der Waals surface area contributed by atoms with Crippen LogP contribution in [0.25, 0.3) is 0 Å². The number of nitrogens with zero attached hydrogens (tertiary/aromatic N) is 3. The van der Waals surface area contributed by atoms with Crippen molar-refractivity contribution in [1.29, 1.82) is 0 Å². The van der Waals surface area contributed by atoms with Crippen LogP contribution in [-0.4, -0.2) is 18.1 Å². The van der Waals surface area contributed by atoms with Crippen molar-refractivity contribution in [3.63, 3.8) is 0 Å². The molecule has 1 aromatic carbocycles. The Morgan fingerprint density at radius 2 is 1.59 bits per heavy atom. The van der Waals surface area contributed by atoms with Crippen molar-refractivity contribution in [2.45, 2.75) is 12.8 Å². The molecule has 2 aromatic rings. The Labute approximate surface area is 136 Å². The van der Waals surface area contributed by atoms with E-state index in [0.29, 0.717) is 11.5 Å². The second-order valence-electron chi connectivity index (χ2n) is 4.63. The van der Waals surface area contributed by atoms with Gasteiger partial charge in [-0.3, -0.25) is 0 Å².